The largest absolute Gasteiger partial charge is 0.530 e. The molecule has 2 unspecified atom stereocenters. The number of hydrogen-bond donors (Lipinski definition) is 1. The van der Waals surface area contributed by atoms with Gasteiger partial charge in [-0.3, -0.25) is 4.79 Å². The molecule has 0 aromatic rings. The van der Waals surface area contributed by atoms with Gasteiger partial charge < -0.3 is 19.5 Å². The summed E-state index contributed by atoms with van der Waals surface area (Å²) in [6.45, 7) is 5.87. The predicted octanol–water partition coefficient (Wildman–Crippen LogP) is -0.676. The maximum Gasteiger partial charge on any atom is 0.374 e. The Balaban J connectivity index is 3.13. The van der Waals surface area contributed by atoms with Gasteiger partial charge in [-0.15, -0.1) is 0 Å². The molecule has 1 amide bonds. The Bertz CT molecular complexity index is 396. The first-order chi connectivity index (χ1) is 8.29. The Morgan fingerprint density at radius 2 is 2.11 bits per heavy atom. The molecule has 1 heterocycles. The second-order valence-corrected chi connectivity index (χ2v) is 5.22. The number of morpholine rings is 1. The second-order valence-electron chi connectivity index (χ2n) is 5.22. The number of ketones is 1. The molecular weight excluding hydrogens is 238 g/mol. The van der Waals surface area contributed by atoms with Crippen molar-refractivity contribution in [2.75, 3.05) is 13.2 Å². The van der Waals surface area contributed by atoms with Crippen molar-refractivity contribution in [1.29, 1.82) is 5.53 Å². The Morgan fingerprint density at radius 3 is 2.56 bits per heavy atom. The highest BCUT2D eigenvalue weighted by Gasteiger charge is 2.44. The molecule has 0 aromatic carbocycles. The van der Waals surface area contributed by atoms with Gasteiger partial charge in [-0.2, -0.15) is 0 Å². The highest BCUT2D eigenvalue weighted by atomic mass is 16.5. The molecule has 2 atom stereocenters. The van der Waals surface area contributed by atoms with Crippen molar-refractivity contribution in [3.05, 3.63) is 0 Å². The van der Waals surface area contributed by atoms with Crippen LogP contribution in [0.25, 0.3) is 0 Å². The maximum atomic E-state index is 11.9. The van der Waals surface area contributed by atoms with E-state index in [0.717, 1.165) is 11.1 Å². The minimum Gasteiger partial charge on any atom is -0.530 e. The molecule has 0 aromatic heterocycles. The van der Waals surface area contributed by atoms with E-state index in [2.05, 4.69) is 4.79 Å². The van der Waals surface area contributed by atoms with Crippen molar-refractivity contribution in [2.24, 2.45) is 5.41 Å². The highest BCUT2D eigenvalue weighted by Crippen LogP contribution is 2.30. The molecule has 1 rings (SSSR count). The molecule has 0 radical (unpaired) electrons. The van der Waals surface area contributed by atoms with Gasteiger partial charge in [-0.25, -0.2) is 0 Å². The lowest BCUT2D eigenvalue weighted by molar-refractivity contribution is -0.275. The van der Waals surface area contributed by atoms with Crippen molar-refractivity contribution in [3.8, 4) is 0 Å². The number of carboxylic acid groups (broad SMARTS) is 1. The molecule has 1 fully saturated rings. The van der Waals surface area contributed by atoms with E-state index in [4.69, 9.17) is 10.3 Å². The maximum absolute atomic E-state index is 11.9. The molecule has 0 aliphatic carbocycles. The third-order valence-corrected chi connectivity index (χ3v) is 2.82. The van der Waals surface area contributed by atoms with Crippen LogP contribution in [0.2, 0.25) is 0 Å². The molecule has 7 heteroatoms. The molecule has 100 valence electrons. The monoisotopic (exact) mass is 255 g/mol. The summed E-state index contributed by atoms with van der Waals surface area (Å²) in [5, 5.41) is 11.1. The summed E-state index contributed by atoms with van der Waals surface area (Å²) in [5.41, 5.74) is 6.26. The quantitative estimate of drug-likeness (QED) is 0.401. The predicted molar refractivity (Wildman–Crippen MR) is 59.1 cm³/mol. The standard InChI is InChI=1S/C11H17N3O4/c1-11(2,3)9-8(7(15)6-13-12)14(10(16)17)4-5-18-9/h6,8-9,12H,4-5H2,1-3H3. The average Bonchev–Trinajstić information content (AvgIpc) is 2.27. The van der Waals surface area contributed by atoms with Crippen LogP contribution in [0.3, 0.4) is 0 Å². The van der Waals surface area contributed by atoms with Crippen LogP contribution in [-0.4, -0.2) is 53.1 Å². The minimum absolute atomic E-state index is 0.0805. The third-order valence-electron chi connectivity index (χ3n) is 2.82. The van der Waals surface area contributed by atoms with E-state index in [1.165, 1.54) is 0 Å². The smallest absolute Gasteiger partial charge is 0.374 e. The summed E-state index contributed by atoms with van der Waals surface area (Å²) >= 11 is 0. The van der Waals surface area contributed by atoms with Crippen molar-refractivity contribution < 1.29 is 24.2 Å². The van der Waals surface area contributed by atoms with Crippen LogP contribution in [0, 0.1) is 10.9 Å². The number of carbonyl (C=O) groups excluding carboxylic acids is 2. The zero-order chi connectivity index (χ0) is 13.9. The van der Waals surface area contributed by atoms with Crippen LogP contribution in [0.1, 0.15) is 20.8 Å². The zero-order valence-corrected chi connectivity index (χ0v) is 10.7. The van der Waals surface area contributed by atoms with Crippen LogP contribution < -0.4 is 5.11 Å². The van der Waals surface area contributed by atoms with E-state index in [1.54, 1.807) is 0 Å². The number of ether oxygens (including phenoxy) is 1. The van der Waals surface area contributed by atoms with Crippen molar-refractivity contribution in [2.45, 2.75) is 32.9 Å². The van der Waals surface area contributed by atoms with E-state index in [-0.39, 0.29) is 13.2 Å². The molecular formula is C11H17N3O4. The summed E-state index contributed by atoms with van der Waals surface area (Å²) in [6, 6.07) is -1.00. The second kappa shape index (κ2) is 5.29. The third kappa shape index (κ3) is 2.94. The number of nitrogens with one attached hydrogen (secondary N) is 1. The summed E-state index contributed by atoms with van der Waals surface area (Å²) in [4.78, 5) is 26.8. The molecule has 1 aliphatic rings. The van der Waals surface area contributed by atoms with E-state index in [0.29, 0.717) is 0 Å². The Kier molecular flexibility index (Phi) is 4.21. The highest BCUT2D eigenvalue weighted by molar-refractivity contribution is 6.28. The zero-order valence-electron chi connectivity index (χ0n) is 10.7. The fourth-order valence-corrected chi connectivity index (χ4v) is 2.04. The van der Waals surface area contributed by atoms with Crippen molar-refractivity contribution in [3.63, 3.8) is 0 Å². The number of Topliss-reactive ketones (excluding diaryl/α,β-unsaturated/α-hetero) is 1. The van der Waals surface area contributed by atoms with Crippen molar-refractivity contribution >= 4 is 18.1 Å². The lowest BCUT2D eigenvalue weighted by atomic mass is 9.82. The van der Waals surface area contributed by atoms with Gasteiger partial charge in [-0.05, 0) is 5.41 Å². The summed E-state index contributed by atoms with van der Waals surface area (Å²) in [5.74, 6) is -0.561. The average molecular weight is 255 g/mol. The normalized spacial score (nSPS) is 24.3. The van der Waals surface area contributed by atoms with Gasteiger partial charge >= 0.3 is 6.21 Å². The molecule has 0 spiro atoms. The minimum atomic E-state index is -1.41. The van der Waals surface area contributed by atoms with E-state index < -0.39 is 29.4 Å². The van der Waals surface area contributed by atoms with Crippen LogP contribution in [0.15, 0.2) is 0 Å². The fourth-order valence-electron chi connectivity index (χ4n) is 2.04. The van der Waals surface area contributed by atoms with Gasteiger partial charge in [0.15, 0.2) is 0 Å². The number of amides is 1. The number of carbonyl (C=O) groups is 2. The molecule has 1 saturated heterocycles. The first kappa shape index (κ1) is 14.3. The molecule has 1 aliphatic heterocycles. The molecule has 0 bridgehead atoms. The molecule has 1 N–H and O–H groups in total. The van der Waals surface area contributed by atoms with Crippen LogP contribution in [0.5, 0.6) is 0 Å². The topological polar surface area (TPSA) is 108 Å². The number of nitrogens with zero attached hydrogens (tertiary/aromatic N) is 2. The van der Waals surface area contributed by atoms with Crippen LogP contribution in [-0.2, 0) is 9.53 Å². The van der Waals surface area contributed by atoms with E-state index >= 15 is 0 Å². The van der Waals surface area contributed by atoms with Gasteiger partial charge in [0.1, 0.15) is 12.1 Å². The number of rotatable bonds is 2. The fraction of sp³-hybridized carbons (Fsp3) is 0.727. The SMILES string of the molecule is CC(C)(C)C1OCCN(C(=O)[O-])C1C(=O)C=[N+]=N. The Labute approximate surface area is 105 Å². The van der Waals surface area contributed by atoms with Gasteiger partial charge in [-0.1, -0.05) is 20.8 Å². The van der Waals surface area contributed by atoms with Gasteiger partial charge in [0.05, 0.1) is 23.0 Å². The Morgan fingerprint density at radius 1 is 1.50 bits per heavy atom. The first-order valence-corrected chi connectivity index (χ1v) is 5.62. The number of hydrogen-bond acceptors (Lipinski definition) is 5. The summed E-state index contributed by atoms with van der Waals surface area (Å²) < 4.78 is 5.53. The van der Waals surface area contributed by atoms with Crippen LogP contribution in [0.4, 0.5) is 4.79 Å². The van der Waals surface area contributed by atoms with Crippen LogP contribution >= 0.6 is 0 Å². The lowest BCUT2D eigenvalue weighted by Gasteiger charge is -2.45. The summed E-state index contributed by atoms with van der Waals surface area (Å²) in [7, 11) is 0. The molecule has 7 nitrogen and oxygen atoms in total. The molecule has 0 saturated carbocycles. The van der Waals surface area contributed by atoms with Crippen molar-refractivity contribution in [1.82, 2.24) is 4.90 Å². The summed E-state index contributed by atoms with van der Waals surface area (Å²) in [6.07, 6.45) is -1.20. The lowest BCUT2D eigenvalue weighted by Crippen LogP contribution is -2.63. The first-order valence-electron chi connectivity index (χ1n) is 5.62. The Hall–Kier alpha value is -1.72. The van der Waals surface area contributed by atoms with Gasteiger partial charge in [0.25, 0.3) is 5.78 Å². The molecule has 18 heavy (non-hydrogen) atoms. The van der Waals surface area contributed by atoms with E-state index in [9.17, 15) is 14.7 Å². The van der Waals surface area contributed by atoms with E-state index in [1.807, 2.05) is 20.8 Å². The van der Waals surface area contributed by atoms with Gasteiger partial charge in [0, 0.05) is 6.54 Å². The van der Waals surface area contributed by atoms with Gasteiger partial charge in [0.2, 0.25) is 0 Å².